The second-order valence-corrected chi connectivity index (χ2v) is 9.01. The van der Waals surface area contributed by atoms with Gasteiger partial charge in [-0.15, -0.1) is 0 Å². The molecule has 0 amide bonds. The Morgan fingerprint density at radius 1 is 1.07 bits per heavy atom. The number of aliphatic hydroxyl groups excluding tert-OH is 2. The molecular weight excluding hydrogens is 400 g/mol. The summed E-state index contributed by atoms with van der Waals surface area (Å²) in [6, 6.07) is 7.41. The molecule has 2 atom stereocenters. The van der Waals surface area contributed by atoms with Crippen LogP contribution in [0.15, 0.2) is 46.9 Å². The van der Waals surface area contributed by atoms with Gasteiger partial charge in [0.2, 0.25) is 0 Å². The van der Waals surface area contributed by atoms with E-state index in [0.29, 0.717) is 55.5 Å². The predicted molar refractivity (Wildman–Crippen MR) is 119 cm³/mol. The van der Waals surface area contributed by atoms with Crippen LogP contribution in [0.4, 0.5) is 0 Å². The maximum atomic E-state index is 13.6. The molecule has 162 valence electrons. The van der Waals surface area contributed by atoms with Crippen molar-refractivity contribution in [1.82, 2.24) is 0 Å². The summed E-state index contributed by atoms with van der Waals surface area (Å²) < 4.78 is 0. The van der Waals surface area contributed by atoms with Crippen molar-refractivity contribution in [3.63, 3.8) is 0 Å². The van der Waals surface area contributed by atoms with Gasteiger partial charge in [-0.05, 0) is 49.3 Å². The van der Waals surface area contributed by atoms with Crippen molar-refractivity contribution in [3.05, 3.63) is 57.5 Å². The zero-order valence-electron chi connectivity index (χ0n) is 18.0. The number of allylic oxidation sites excluding steroid dienone is 3. The maximum absolute atomic E-state index is 13.6. The third-order valence-corrected chi connectivity index (χ3v) is 6.70. The number of aliphatic hydroxyl groups is 2. The van der Waals surface area contributed by atoms with Gasteiger partial charge < -0.3 is 10.2 Å². The monoisotopic (exact) mass is 430 g/mol. The Labute approximate surface area is 183 Å². The molecule has 3 rings (SSSR count). The number of carbonyl (C=O) groups excluding carboxylic acids is 2. The highest BCUT2D eigenvalue weighted by Crippen LogP contribution is 2.53. The van der Waals surface area contributed by atoms with Crippen molar-refractivity contribution >= 4 is 23.2 Å². The van der Waals surface area contributed by atoms with Crippen LogP contribution in [0.1, 0.15) is 77.2 Å². The lowest BCUT2D eigenvalue weighted by atomic mass is 9.66. The van der Waals surface area contributed by atoms with Crippen molar-refractivity contribution < 1.29 is 19.8 Å². The molecule has 4 nitrogen and oxygen atoms in total. The predicted octanol–water partition coefficient (Wildman–Crippen LogP) is 6.61. The van der Waals surface area contributed by atoms with Gasteiger partial charge in [0.05, 0.1) is 5.41 Å². The van der Waals surface area contributed by atoms with Gasteiger partial charge in [-0.3, -0.25) is 9.59 Å². The van der Waals surface area contributed by atoms with Crippen LogP contribution in [0.5, 0.6) is 0 Å². The minimum absolute atomic E-state index is 0.0304. The first kappa shape index (κ1) is 22.6. The Hall–Kier alpha value is -2.07. The fraction of sp³-hybridized carbons (Fsp3) is 0.520. The Balaban J connectivity index is 2.00. The van der Waals surface area contributed by atoms with E-state index in [0.717, 1.165) is 5.56 Å². The van der Waals surface area contributed by atoms with Gasteiger partial charge in [0.15, 0.2) is 11.6 Å². The van der Waals surface area contributed by atoms with Gasteiger partial charge in [-0.1, -0.05) is 63.8 Å². The minimum atomic E-state index is -1.10. The van der Waals surface area contributed by atoms with Crippen LogP contribution in [0.3, 0.4) is 0 Å². The molecule has 5 heteroatoms. The highest BCUT2D eigenvalue weighted by molar-refractivity contribution is 6.30. The maximum Gasteiger partial charge on any atom is 0.183 e. The second-order valence-electron chi connectivity index (χ2n) is 8.58. The molecule has 2 aliphatic rings. The highest BCUT2D eigenvalue weighted by Gasteiger charge is 2.54. The van der Waals surface area contributed by atoms with Crippen LogP contribution in [-0.2, 0) is 9.59 Å². The first-order chi connectivity index (χ1) is 14.3. The van der Waals surface area contributed by atoms with Gasteiger partial charge >= 0.3 is 0 Å². The molecule has 0 bridgehead atoms. The lowest BCUT2D eigenvalue weighted by Gasteiger charge is -2.37. The Kier molecular flexibility index (Phi) is 6.76. The zero-order chi connectivity index (χ0) is 22.1. The summed E-state index contributed by atoms with van der Waals surface area (Å²) in [5.41, 5.74) is 0.183. The number of Topliss-reactive ketones (excluding diaryl/α,β-unsaturated/α-hetero) is 2. The molecule has 0 aliphatic heterocycles. The van der Waals surface area contributed by atoms with Crippen LogP contribution in [0.2, 0.25) is 5.02 Å². The van der Waals surface area contributed by atoms with E-state index < -0.39 is 11.2 Å². The van der Waals surface area contributed by atoms with Crippen molar-refractivity contribution in [1.29, 1.82) is 0 Å². The summed E-state index contributed by atoms with van der Waals surface area (Å²) in [6.45, 7) is 5.88. The molecule has 1 saturated carbocycles. The first-order valence-electron chi connectivity index (χ1n) is 11.0. The zero-order valence-corrected chi connectivity index (χ0v) is 18.8. The molecule has 0 radical (unpaired) electrons. The summed E-state index contributed by atoms with van der Waals surface area (Å²) in [4.78, 5) is 27.0. The molecule has 2 aliphatic carbocycles. The van der Waals surface area contributed by atoms with Crippen LogP contribution < -0.4 is 0 Å². The van der Waals surface area contributed by atoms with E-state index in [1.165, 1.54) is 0 Å². The molecule has 0 heterocycles. The Morgan fingerprint density at radius 2 is 1.67 bits per heavy atom. The molecule has 1 fully saturated rings. The number of ketones is 2. The molecule has 1 unspecified atom stereocenters. The third-order valence-electron chi connectivity index (χ3n) is 6.45. The number of halogens is 1. The van der Waals surface area contributed by atoms with E-state index in [-0.39, 0.29) is 34.7 Å². The van der Waals surface area contributed by atoms with Crippen molar-refractivity contribution in [2.24, 2.45) is 11.3 Å². The average Bonchev–Trinajstić information content (AvgIpc) is 3.51. The van der Waals surface area contributed by atoms with Gasteiger partial charge in [-0.2, -0.15) is 0 Å². The van der Waals surface area contributed by atoms with E-state index in [1.807, 2.05) is 32.9 Å². The summed E-state index contributed by atoms with van der Waals surface area (Å²) in [5.74, 6) is -1.34. The number of hydrogen-bond donors (Lipinski definition) is 2. The second kappa shape index (κ2) is 8.97. The summed E-state index contributed by atoms with van der Waals surface area (Å²) in [7, 11) is 0. The molecule has 0 spiro atoms. The lowest BCUT2D eigenvalue weighted by Crippen LogP contribution is -2.41. The van der Waals surface area contributed by atoms with Crippen LogP contribution in [0.25, 0.3) is 0 Å². The van der Waals surface area contributed by atoms with Crippen molar-refractivity contribution in [3.8, 4) is 0 Å². The standard InChI is InChI=1S/C25H31ClO4/c1-4-7-17-21(27)20(24(30)25(12-5-2,13-6-3)23(17)29)22(28)19-14-18(19)15-8-10-16(26)11-9-15/h8-11,18-19,27,29H,4-7,12-14H2,1-3H3/t18-,19?/m1/s1. The molecular formula is C25H31ClO4. The van der Waals surface area contributed by atoms with E-state index in [1.54, 1.807) is 12.1 Å². The van der Waals surface area contributed by atoms with Gasteiger partial charge in [-0.25, -0.2) is 0 Å². The smallest absolute Gasteiger partial charge is 0.183 e. The van der Waals surface area contributed by atoms with E-state index in [2.05, 4.69) is 0 Å². The van der Waals surface area contributed by atoms with Crippen LogP contribution >= 0.6 is 11.6 Å². The van der Waals surface area contributed by atoms with Crippen molar-refractivity contribution in [2.45, 2.75) is 71.6 Å². The highest BCUT2D eigenvalue weighted by atomic mass is 35.5. The molecule has 0 saturated heterocycles. The number of benzene rings is 1. The third kappa shape index (κ3) is 3.82. The number of hydrogen-bond acceptors (Lipinski definition) is 4. The normalized spacial score (nSPS) is 23.1. The van der Waals surface area contributed by atoms with E-state index in [9.17, 15) is 19.8 Å². The van der Waals surface area contributed by atoms with Crippen molar-refractivity contribution in [2.75, 3.05) is 0 Å². The quantitative estimate of drug-likeness (QED) is 0.432. The largest absolute Gasteiger partial charge is 0.511 e. The first-order valence-corrected chi connectivity index (χ1v) is 11.4. The topological polar surface area (TPSA) is 74.6 Å². The fourth-order valence-corrected chi connectivity index (χ4v) is 5.04. The van der Waals surface area contributed by atoms with Crippen LogP contribution in [-0.4, -0.2) is 21.8 Å². The summed E-state index contributed by atoms with van der Waals surface area (Å²) in [5, 5.41) is 22.6. The van der Waals surface area contributed by atoms with E-state index in [4.69, 9.17) is 11.6 Å². The lowest BCUT2D eigenvalue weighted by molar-refractivity contribution is -0.129. The van der Waals surface area contributed by atoms with E-state index >= 15 is 0 Å². The molecule has 30 heavy (non-hydrogen) atoms. The minimum Gasteiger partial charge on any atom is -0.511 e. The van der Waals surface area contributed by atoms with Gasteiger partial charge in [0.25, 0.3) is 0 Å². The molecule has 1 aromatic carbocycles. The number of rotatable bonds is 9. The summed E-state index contributed by atoms with van der Waals surface area (Å²) in [6.07, 6.45) is 4.12. The summed E-state index contributed by atoms with van der Waals surface area (Å²) >= 11 is 5.96. The average molecular weight is 431 g/mol. The SMILES string of the molecule is CCCC1=C(O)C(CCC)(CCC)C(=O)C(C(=O)C2C[C@@H]2c2ccc(Cl)cc2)=C1O. The molecule has 1 aromatic rings. The Bertz CT molecular complexity index is 888. The van der Waals surface area contributed by atoms with Gasteiger partial charge in [0, 0.05) is 16.5 Å². The Morgan fingerprint density at radius 3 is 2.20 bits per heavy atom. The molecule has 0 aromatic heterocycles. The fourth-order valence-electron chi connectivity index (χ4n) is 4.91. The van der Waals surface area contributed by atoms with Crippen LogP contribution in [0, 0.1) is 11.3 Å². The molecule has 2 N–H and O–H groups in total. The van der Waals surface area contributed by atoms with Gasteiger partial charge in [0.1, 0.15) is 17.1 Å². The number of carbonyl (C=O) groups is 2.